The molecule has 7 heteroatoms. The summed E-state index contributed by atoms with van der Waals surface area (Å²) in [6.45, 7) is 1.29. The Bertz CT molecular complexity index is 610. The predicted molar refractivity (Wildman–Crippen MR) is 55.7 cm³/mol. The molecule has 0 saturated carbocycles. The van der Waals surface area contributed by atoms with Crippen LogP contribution in [-0.4, -0.2) is 23.2 Å². The van der Waals surface area contributed by atoms with Gasteiger partial charge in [-0.15, -0.1) is 0 Å². The molecule has 0 fully saturated rings. The van der Waals surface area contributed by atoms with E-state index >= 15 is 0 Å². The molecule has 0 unspecified atom stereocenters. The average Bonchev–Trinajstić information content (AvgIpc) is 2.84. The third-order valence-corrected chi connectivity index (χ3v) is 2.35. The van der Waals surface area contributed by atoms with Crippen LogP contribution in [0.1, 0.15) is 16.2 Å². The van der Waals surface area contributed by atoms with E-state index in [1.807, 2.05) is 0 Å². The van der Waals surface area contributed by atoms with Crippen molar-refractivity contribution >= 4 is 5.97 Å². The van der Waals surface area contributed by atoms with Crippen molar-refractivity contribution in [2.45, 2.75) is 6.92 Å². The van der Waals surface area contributed by atoms with E-state index in [0.717, 1.165) is 13.2 Å². The molecule has 1 heterocycles. The summed E-state index contributed by atoms with van der Waals surface area (Å²) in [5.74, 6) is -2.84. The maximum Gasteiger partial charge on any atom is 0.397 e. The van der Waals surface area contributed by atoms with Crippen LogP contribution in [-0.2, 0) is 4.74 Å². The van der Waals surface area contributed by atoms with Crippen molar-refractivity contribution in [2.75, 3.05) is 7.11 Å². The van der Waals surface area contributed by atoms with E-state index in [-0.39, 0.29) is 17.0 Å². The minimum atomic E-state index is -0.826. The van der Waals surface area contributed by atoms with Gasteiger partial charge in [0.25, 0.3) is 0 Å². The SMILES string of the molecule is COC(=O)c1nc(-c2ccc(F)c(C)c2F)no1. The first kappa shape index (κ1) is 12.2. The topological polar surface area (TPSA) is 65.2 Å². The van der Waals surface area contributed by atoms with Gasteiger partial charge in [-0.05, 0) is 19.1 Å². The third kappa shape index (κ3) is 1.94. The van der Waals surface area contributed by atoms with Gasteiger partial charge in [-0.3, -0.25) is 0 Å². The molecule has 1 aromatic carbocycles. The molecule has 1 aromatic heterocycles. The van der Waals surface area contributed by atoms with Crippen LogP contribution in [0.3, 0.4) is 0 Å². The average molecular weight is 254 g/mol. The van der Waals surface area contributed by atoms with Gasteiger partial charge in [0.2, 0.25) is 5.82 Å². The summed E-state index contributed by atoms with van der Waals surface area (Å²) in [5, 5.41) is 3.44. The summed E-state index contributed by atoms with van der Waals surface area (Å²) in [4.78, 5) is 14.8. The molecule has 0 atom stereocenters. The normalized spacial score (nSPS) is 10.4. The second kappa shape index (κ2) is 4.52. The number of carbonyl (C=O) groups excluding carboxylic acids is 1. The molecule has 2 rings (SSSR count). The highest BCUT2D eigenvalue weighted by atomic mass is 19.1. The van der Waals surface area contributed by atoms with Crippen LogP contribution in [0.25, 0.3) is 11.4 Å². The number of hydrogen-bond acceptors (Lipinski definition) is 5. The molecule has 0 aliphatic heterocycles. The van der Waals surface area contributed by atoms with Crippen LogP contribution in [0.2, 0.25) is 0 Å². The molecule has 5 nitrogen and oxygen atoms in total. The largest absolute Gasteiger partial charge is 0.462 e. The summed E-state index contributed by atoms with van der Waals surface area (Å²) in [7, 11) is 1.15. The Morgan fingerprint density at radius 1 is 1.39 bits per heavy atom. The Labute approximate surface area is 100 Å². The number of methoxy groups -OCH3 is 1. The molecule has 0 spiro atoms. The lowest BCUT2D eigenvalue weighted by atomic mass is 10.1. The second-order valence-electron chi connectivity index (χ2n) is 3.45. The predicted octanol–water partition coefficient (Wildman–Crippen LogP) is 2.11. The van der Waals surface area contributed by atoms with Gasteiger partial charge < -0.3 is 9.26 Å². The zero-order valence-electron chi connectivity index (χ0n) is 9.53. The smallest absolute Gasteiger partial charge is 0.397 e. The zero-order chi connectivity index (χ0) is 13.3. The summed E-state index contributed by atoms with van der Waals surface area (Å²) >= 11 is 0. The van der Waals surface area contributed by atoms with Gasteiger partial charge in [0.1, 0.15) is 11.6 Å². The molecule has 0 saturated heterocycles. The van der Waals surface area contributed by atoms with Gasteiger partial charge in [0, 0.05) is 5.56 Å². The number of halogens is 2. The molecule has 18 heavy (non-hydrogen) atoms. The summed E-state index contributed by atoms with van der Waals surface area (Å²) < 4.78 is 35.8. The van der Waals surface area contributed by atoms with Crippen molar-refractivity contribution in [2.24, 2.45) is 0 Å². The number of hydrogen-bond donors (Lipinski definition) is 0. The van der Waals surface area contributed by atoms with Crippen molar-refractivity contribution in [1.82, 2.24) is 10.1 Å². The van der Waals surface area contributed by atoms with Crippen LogP contribution in [0.5, 0.6) is 0 Å². The van der Waals surface area contributed by atoms with E-state index in [2.05, 4.69) is 19.4 Å². The molecule has 94 valence electrons. The number of benzene rings is 1. The zero-order valence-corrected chi connectivity index (χ0v) is 9.53. The van der Waals surface area contributed by atoms with Gasteiger partial charge in [-0.25, -0.2) is 13.6 Å². The molecule has 0 amide bonds. The lowest BCUT2D eigenvalue weighted by Crippen LogP contribution is -2.01. The number of ether oxygens (including phenoxy) is 1. The molecule has 2 aromatic rings. The Morgan fingerprint density at radius 2 is 2.11 bits per heavy atom. The van der Waals surface area contributed by atoms with Crippen LogP contribution < -0.4 is 0 Å². The van der Waals surface area contributed by atoms with Crippen molar-refractivity contribution in [3.63, 3.8) is 0 Å². The van der Waals surface area contributed by atoms with E-state index in [1.54, 1.807) is 0 Å². The maximum absolute atomic E-state index is 13.8. The van der Waals surface area contributed by atoms with Crippen LogP contribution in [0.15, 0.2) is 16.7 Å². The van der Waals surface area contributed by atoms with Gasteiger partial charge >= 0.3 is 11.9 Å². The highest BCUT2D eigenvalue weighted by Gasteiger charge is 2.20. The number of nitrogens with zero attached hydrogens (tertiary/aromatic N) is 2. The Hall–Kier alpha value is -2.31. The first-order valence-corrected chi connectivity index (χ1v) is 4.91. The van der Waals surface area contributed by atoms with Crippen LogP contribution >= 0.6 is 0 Å². The first-order valence-electron chi connectivity index (χ1n) is 4.91. The highest BCUT2D eigenvalue weighted by molar-refractivity contribution is 5.84. The van der Waals surface area contributed by atoms with Gasteiger partial charge in [0.15, 0.2) is 0 Å². The van der Waals surface area contributed by atoms with Gasteiger partial charge in [-0.1, -0.05) is 5.16 Å². The fraction of sp³-hybridized carbons (Fsp3) is 0.182. The summed E-state index contributed by atoms with van der Waals surface area (Å²) in [6.07, 6.45) is 0. The molecule has 0 bridgehead atoms. The first-order chi connectivity index (χ1) is 8.54. The van der Waals surface area contributed by atoms with E-state index < -0.39 is 23.5 Å². The van der Waals surface area contributed by atoms with Gasteiger partial charge in [-0.2, -0.15) is 4.98 Å². The van der Waals surface area contributed by atoms with Gasteiger partial charge in [0.05, 0.1) is 12.7 Å². The third-order valence-electron chi connectivity index (χ3n) is 2.35. The Morgan fingerprint density at radius 3 is 2.78 bits per heavy atom. The minimum Gasteiger partial charge on any atom is -0.462 e. The Balaban J connectivity index is 2.47. The monoisotopic (exact) mass is 254 g/mol. The van der Waals surface area contributed by atoms with Crippen molar-refractivity contribution in [3.05, 3.63) is 35.2 Å². The summed E-state index contributed by atoms with van der Waals surface area (Å²) in [6, 6.07) is 2.26. The fourth-order valence-corrected chi connectivity index (χ4v) is 1.34. The number of aromatic nitrogens is 2. The molecule has 0 aliphatic rings. The molecule has 0 aliphatic carbocycles. The van der Waals surface area contributed by atoms with E-state index in [4.69, 9.17) is 0 Å². The quantitative estimate of drug-likeness (QED) is 0.768. The van der Waals surface area contributed by atoms with E-state index in [1.165, 1.54) is 13.0 Å². The lowest BCUT2D eigenvalue weighted by Gasteiger charge is -2.01. The summed E-state index contributed by atoms with van der Waals surface area (Å²) in [5.41, 5.74) is -0.204. The molecular formula is C11H8F2N2O3. The minimum absolute atomic E-state index is 0.0483. The highest BCUT2D eigenvalue weighted by Crippen LogP contribution is 2.24. The van der Waals surface area contributed by atoms with Crippen LogP contribution in [0.4, 0.5) is 8.78 Å². The Kier molecular flexibility index (Phi) is 3.05. The maximum atomic E-state index is 13.8. The standard InChI is InChI=1S/C11H8F2N2O3/c1-5-7(12)4-3-6(8(5)13)9-14-10(18-15-9)11(16)17-2/h3-4H,1-2H3. The van der Waals surface area contributed by atoms with Crippen molar-refractivity contribution < 1.29 is 22.8 Å². The van der Waals surface area contributed by atoms with E-state index in [9.17, 15) is 13.6 Å². The molecular weight excluding hydrogens is 246 g/mol. The number of rotatable bonds is 2. The van der Waals surface area contributed by atoms with Crippen molar-refractivity contribution in [1.29, 1.82) is 0 Å². The lowest BCUT2D eigenvalue weighted by molar-refractivity contribution is 0.0545. The van der Waals surface area contributed by atoms with E-state index in [0.29, 0.717) is 0 Å². The number of esters is 1. The van der Waals surface area contributed by atoms with Crippen LogP contribution in [0, 0.1) is 18.6 Å². The fourth-order valence-electron chi connectivity index (χ4n) is 1.34. The molecule has 0 N–H and O–H groups in total. The second-order valence-corrected chi connectivity index (χ2v) is 3.45. The molecule has 0 radical (unpaired) electrons. The van der Waals surface area contributed by atoms with Crippen molar-refractivity contribution in [3.8, 4) is 11.4 Å². The number of carbonyl (C=O) groups is 1.